The van der Waals surface area contributed by atoms with Crippen LogP contribution in [0.25, 0.3) is 0 Å². The molecule has 0 bridgehead atoms. The molecule has 0 unspecified atom stereocenters. The Bertz CT molecular complexity index is 1120. The molecule has 0 saturated heterocycles. The fourth-order valence-corrected chi connectivity index (χ4v) is 5.24. The number of carbonyl (C=O) groups excluding carboxylic acids is 1. The molecule has 1 aliphatic carbocycles. The summed E-state index contributed by atoms with van der Waals surface area (Å²) in [5.41, 5.74) is 4.52. The molecule has 1 fully saturated rings. The molecule has 0 atom stereocenters. The summed E-state index contributed by atoms with van der Waals surface area (Å²) in [4.78, 5) is 31.9. The number of carbonyl (C=O) groups is 3. The lowest BCUT2D eigenvalue weighted by Gasteiger charge is -2.20. The van der Waals surface area contributed by atoms with E-state index in [-0.39, 0.29) is 24.2 Å². The second kappa shape index (κ2) is 14.8. The maximum Gasteiger partial charge on any atom is 0.303 e. The molecule has 1 heterocycles. The number of carboxylic acid groups (broad SMARTS) is 2. The number of hydrogen-bond acceptors (Lipinski definition) is 5. The molecule has 0 radical (unpaired) electrons. The van der Waals surface area contributed by atoms with Crippen LogP contribution in [-0.4, -0.2) is 41.0 Å². The van der Waals surface area contributed by atoms with E-state index in [2.05, 4.69) is 16.7 Å². The van der Waals surface area contributed by atoms with Gasteiger partial charge in [0.2, 0.25) is 0 Å². The Balaban J connectivity index is 0.000000436. The minimum atomic E-state index is -1.08. The van der Waals surface area contributed by atoms with Gasteiger partial charge in [-0.1, -0.05) is 55.8 Å². The lowest BCUT2D eigenvalue weighted by Crippen LogP contribution is -2.16. The van der Waals surface area contributed by atoms with Gasteiger partial charge in [0.25, 0.3) is 0 Å². The van der Waals surface area contributed by atoms with Crippen molar-refractivity contribution in [2.45, 2.75) is 70.8 Å². The van der Waals surface area contributed by atoms with E-state index in [0.717, 1.165) is 50.0 Å². The minimum absolute atomic E-state index is 0.0668. The predicted octanol–water partition coefficient (Wildman–Crippen LogP) is 5.87. The number of ketones is 1. The summed E-state index contributed by atoms with van der Waals surface area (Å²) in [5.74, 6) is -2.23. The van der Waals surface area contributed by atoms with Gasteiger partial charge >= 0.3 is 11.9 Å². The molecule has 4 N–H and O–H groups in total. The summed E-state index contributed by atoms with van der Waals surface area (Å²) in [5, 5.41) is 23.3. The van der Waals surface area contributed by atoms with Gasteiger partial charge in [0, 0.05) is 13.0 Å². The largest absolute Gasteiger partial charge is 0.481 e. The highest BCUT2D eigenvalue weighted by atomic mass is 35.5. The number of aliphatic carboxylic acids is 2. The monoisotopic (exact) mass is 546 g/mol. The summed E-state index contributed by atoms with van der Waals surface area (Å²) < 4.78 is 14.7. The van der Waals surface area contributed by atoms with Crippen molar-refractivity contribution in [3.05, 3.63) is 63.4 Å². The summed E-state index contributed by atoms with van der Waals surface area (Å²) in [7, 11) is 0. The molecule has 0 aromatic heterocycles. The van der Waals surface area contributed by atoms with Crippen molar-refractivity contribution >= 4 is 35.0 Å². The first kappa shape index (κ1) is 29.6. The third-order valence-corrected chi connectivity index (χ3v) is 7.35. The van der Waals surface area contributed by atoms with E-state index in [4.69, 9.17) is 21.8 Å². The van der Waals surface area contributed by atoms with Gasteiger partial charge in [-0.2, -0.15) is 0 Å². The zero-order valence-corrected chi connectivity index (χ0v) is 22.3. The topological polar surface area (TPSA) is 116 Å². The lowest BCUT2D eigenvalue weighted by atomic mass is 9.84. The Morgan fingerprint density at radius 2 is 1.66 bits per heavy atom. The third kappa shape index (κ3) is 9.10. The zero-order valence-electron chi connectivity index (χ0n) is 21.5. The maximum atomic E-state index is 14.7. The normalized spacial score (nSPS) is 15.4. The molecule has 7 nitrogen and oxygen atoms in total. The smallest absolute Gasteiger partial charge is 0.303 e. The lowest BCUT2D eigenvalue weighted by molar-refractivity contribution is -0.143. The number of benzene rings is 2. The molecule has 2 aromatic carbocycles. The SMILES string of the molecule is O=C(CC1CCCCC1)c1ccc(CNc2c(Cl)ccc3c2CCNCC3)cc1F.O=C(O)CCC(=O)O. The van der Waals surface area contributed by atoms with E-state index in [1.54, 1.807) is 6.07 Å². The Hall–Kier alpha value is -2.97. The van der Waals surface area contributed by atoms with E-state index in [1.165, 1.54) is 36.5 Å². The zero-order chi connectivity index (χ0) is 27.5. The average Bonchev–Trinajstić information content (AvgIpc) is 3.13. The number of fused-ring (bicyclic) bond motifs is 1. The summed E-state index contributed by atoms with van der Waals surface area (Å²) in [6, 6.07) is 9.01. The van der Waals surface area contributed by atoms with Crippen LogP contribution >= 0.6 is 11.6 Å². The average molecular weight is 547 g/mol. The highest BCUT2D eigenvalue weighted by molar-refractivity contribution is 6.33. The van der Waals surface area contributed by atoms with Crippen LogP contribution in [0, 0.1) is 11.7 Å². The predicted molar refractivity (Wildman–Crippen MR) is 145 cm³/mol. The van der Waals surface area contributed by atoms with Crippen molar-refractivity contribution in [3.8, 4) is 0 Å². The van der Waals surface area contributed by atoms with Gasteiger partial charge in [0.05, 0.1) is 29.1 Å². The van der Waals surface area contributed by atoms with Crippen LogP contribution in [-0.2, 0) is 29.0 Å². The molecule has 9 heteroatoms. The van der Waals surface area contributed by atoms with Gasteiger partial charge < -0.3 is 20.8 Å². The summed E-state index contributed by atoms with van der Waals surface area (Å²) in [6.45, 7) is 2.36. The highest BCUT2D eigenvalue weighted by Gasteiger charge is 2.20. The number of halogens is 2. The van der Waals surface area contributed by atoms with Crippen molar-refractivity contribution in [2.75, 3.05) is 18.4 Å². The molecule has 38 heavy (non-hydrogen) atoms. The standard InChI is InChI=1S/C25H30ClFN2O.C4H6O4/c26-22-9-7-19-10-12-28-13-11-20(19)25(22)29-16-18-6-8-21(23(27)14-18)24(30)15-17-4-2-1-3-5-17;5-3(6)1-2-4(7)8/h6-9,14,17,28-29H,1-5,10-13,15-16H2;1-2H2,(H,5,6)(H,7,8). The van der Waals surface area contributed by atoms with Crippen LogP contribution in [0.2, 0.25) is 5.02 Å². The molecule has 206 valence electrons. The first-order valence-electron chi connectivity index (χ1n) is 13.2. The molecule has 2 aliphatic rings. The van der Waals surface area contributed by atoms with Crippen LogP contribution in [0.1, 0.15) is 78.4 Å². The second-order valence-electron chi connectivity index (χ2n) is 9.90. The van der Waals surface area contributed by atoms with Gasteiger partial charge in [-0.3, -0.25) is 14.4 Å². The maximum absolute atomic E-state index is 14.7. The van der Waals surface area contributed by atoms with Crippen molar-refractivity contribution in [1.29, 1.82) is 0 Å². The van der Waals surface area contributed by atoms with Gasteiger partial charge in [-0.25, -0.2) is 4.39 Å². The molecule has 0 spiro atoms. The molecule has 4 rings (SSSR count). The van der Waals surface area contributed by atoms with Crippen LogP contribution in [0.15, 0.2) is 30.3 Å². The van der Waals surface area contributed by atoms with E-state index < -0.39 is 17.8 Å². The van der Waals surface area contributed by atoms with E-state index in [1.807, 2.05) is 12.1 Å². The Labute approximate surface area is 227 Å². The Kier molecular flexibility index (Phi) is 11.5. The van der Waals surface area contributed by atoms with Crippen LogP contribution in [0.5, 0.6) is 0 Å². The number of rotatable bonds is 9. The molecular formula is C29H36ClFN2O5. The number of hydrogen-bond donors (Lipinski definition) is 4. The molecule has 1 saturated carbocycles. The van der Waals surface area contributed by atoms with E-state index in [0.29, 0.717) is 23.9 Å². The van der Waals surface area contributed by atoms with Crippen molar-refractivity contribution in [3.63, 3.8) is 0 Å². The fraction of sp³-hybridized carbons (Fsp3) is 0.483. The molecule has 2 aromatic rings. The van der Waals surface area contributed by atoms with E-state index >= 15 is 0 Å². The van der Waals surface area contributed by atoms with Crippen LogP contribution in [0.3, 0.4) is 0 Å². The van der Waals surface area contributed by atoms with Crippen LogP contribution in [0.4, 0.5) is 10.1 Å². The van der Waals surface area contributed by atoms with Crippen molar-refractivity contribution < 1.29 is 29.0 Å². The minimum Gasteiger partial charge on any atom is -0.481 e. The summed E-state index contributed by atoms with van der Waals surface area (Å²) in [6.07, 6.45) is 7.58. The van der Waals surface area contributed by atoms with Crippen molar-refractivity contribution in [1.82, 2.24) is 5.32 Å². The highest BCUT2D eigenvalue weighted by Crippen LogP contribution is 2.32. The summed E-state index contributed by atoms with van der Waals surface area (Å²) >= 11 is 6.47. The van der Waals surface area contributed by atoms with Gasteiger partial charge in [-0.15, -0.1) is 0 Å². The van der Waals surface area contributed by atoms with Crippen molar-refractivity contribution in [2.24, 2.45) is 5.92 Å². The van der Waals surface area contributed by atoms with E-state index in [9.17, 15) is 18.8 Å². The third-order valence-electron chi connectivity index (χ3n) is 7.04. The molecule has 1 aliphatic heterocycles. The number of nitrogens with one attached hydrogen (secondary N) is 2. The quantitative estimate of drug-likeness (QED) is 0.291. The first-order valence-corrected chi connectivity index (χ1v) is 13.6. The molecule has 0 amide bonds. The molecular weight excluding hydrogens is 511 g/mol. The Morgan fingerprint density at radius 1 is 0.974 bits per heavy atom. The van der Waals surface area contributed by atoms with Gasteiger partial charge in [-0.05, 0) is 66.7 Å². The fourth-order valence-electron chi connectivity index (χ4n) is 5.00. The number of Topliss-reactive ketones (excluding diaryl/α,β-unsaturated/α-hetero) is 1. The first-order chi connectivity index (χ1) is 18.2. The van der Waals surface area contributed by atoms with Gasteiger partial charge in [0.15, 0.2) is 5.78 Å². The Morgan fingerprint density at radius 3 is 2.32 bits per heavy atom. The number of anilines is 1. The van der Waals surface area contributed by atoms with Gasteiger partial charge in [0.1, 0.15) is 5.82 Å². The number of carboxylic acids is 2. The van der Waals surface area contributed by atoms with Crippen LogP contribution < -0.4 is 10.6 Å². The second-order valence-corrected chi connectivity index (χ2v) is 10.3.